The number of nitrogens with one attached hydrogen (secondary N) is 1. The number of carbonyl (C=O) groups is 1. The Balaban J connectivity index is 1.82. The molecular weight excluding hydrogens is 382 g/mol. The fourth-order valence-corrected chi connectivity index (χ4v) is 3.45. The molecule has 1 N–H and O–H groups in total. The second-order valence-electron chi connectivity index (χ2n) is 5.73. The maximum absolute atomic E-state index is 12.6. The fourth-order valence-electron chi connectivity index (χ4n) is 2.61. The van der Waals surface area contributed by atoms with Crippen LogP contribution in [0.2, 0.25) is 0 Å². The summed E-state index contributed by atoms with van der Waals surface area (Å²) in [5.41, 5.74) is 0.609. The van der Waals surface area contributed by atoms with Gasteiger partial charge in [-0.2, -0.15) is 0 Å². The second kappa shape index (κ2) is 8.49. The number of hydrogen-bond acceptors (Lipinski definition) is 7. The Morgan fingerprint density at radius 2 is 1.86 bits per heavy atom. The number of benzene rings is 2. The monoisotopic (exact) mass is 399 g/mol. The number of nitro groups is 1. The number of hydrogen-bond donors (Lipinski definition) is 1. The zero-order chi connectivity index (χ0) is 20.1. The normalized spacial score (nSPS) is 10.4. The van der Waals surface area contributed by atoms with Gasteiger partial charge < -0.3 is 9.47 Å². The van der Waals surface area contributed by atoms with Crippen molar-refractivity contribution in [1.29, 1.82) is 0 Å². The first kappa shape index (κ1) is 19.3. The highest BCUT2D eigenvalue weighted by atomic mass is 32.1. The highest BCUT2D eigenvalue weighted by molar-refractivity contribution is 7.15. The summed E-state index contributed by atoms with van der Waals surface area (Å²) in [6, 6.07) is 12.3. The molecule has 0 saturated heterocycles. The minimum atomic E-state index is -0.645. The molecule has 3 rings (SSSR count). The first-order chi connectivity index (χ1) is 13.5. The van der Waals surface area contributed by atoms with Crippen molar-refractivity contribution >= 4 is 28.1 Å². The van der Waals surface area contributed by atoms with E-state index in [9.17, 15) is 14.9 Å². The third-order valence-electron chi connectivity index (χ3n) is 3.94. The third kappa shape index (κ3) is 4.26. The van der Waals surface area contributed by atoms with Gasteiger partial charge in [0.05, 0.1) is 25.2 Å². The number of ether oxygens (including phenoxy) is 2. The lowest BCUT2D eigenvalue weighted by molar-refractivity contribution is -0.385. The zero-order valence-electron chi connectivity index (χ0n) is 15.2. The molecule has 144 valence electrons. The summed E-state index contributed by atoms with van der Waals surface area (Å²) in [5.74, 6) is -0.249. The molecule has 0 fully saturated rings. The summed E-state index contributed by atoms with van der Waals surface area (Å²) in [6.07, 6.45) is 2.36. The van der Waals surface area contributed by atoms with E-state index < -0.39 is 10.8 Å². The van der Waals surface area contributed by atoms with Gasteiger partial charge >= 0.3 is 0 Å². The highest BCUT2D eigenvalue weighted by Gasteiger charge is 2.25. The molecule has 0 unspecified atom stereocenters. The average Bonchev–Trinajstić information content (AvgIpc) is 3.14. The van der Waals surface area contributed by atoms with Crippen molar-refractivity contribution in [2.24, 2.45) is 0 Å². The summed E-state index contributed by atoms with van der Waals surface area (Å²) in [6.45, 7) is 0. The SMILES string of the molecule is COc1cc(C(=O)Nc2ncc(Cc3ccccc3)s2)c([N+](=O)[O-])cc1OC. The molecule has 3 aromatic rings. The molecule has 0 saturated carbocycles. The zero-order valence-corrected chi connectivity index (χ0v) is 16.0. The number of rotatable bonds is 7. The standard InChI is InChI=1S/C19H17N3O5S/c1-26-16-9-14(15(22(24)25)10-17(16)27-2)18(23)21-19-20-11-13(28-19)8-12-6-4-3-5-7-12/h3-7,9-11H,8H2,1-2H3,(H,20,21,23). The molecule has 0 aliphatic rings. The minimum absolute atomic E-state index is 0.137. The Bertz CT molecular complexity index is 1000. The number of nitro benzene ring substituents is 1. The molecule has 1 amide bonds. The van der Waals surface area contributed by atoms with Gasteiger partial charge in [0.1, 0.15) is 5.56 Å². The van der Waals surface area contributed by atoms with Crippen molar-refractivity contribution in [2.45, 2.75) is 6.42 Å². The summed E-state index contributed by atoms with van der Waals surface area (Å²) in [5, 5.41) is 14.3. The van der Waals surface area contributed by atoms with Gasteiger partial charge in [-0.3, -0.25) is 20.2 Å². The van der Waals surface area contributed by atoms with Crippen LogP contribution in [0.25, 0.3) is 0 Å². The molecule has 0 spiro atoms. The molecule has 1 heterocycles. The van der Waals surface area contributed by atoms with E-state index in [2.05, 4.69) is 10.3 Å². The van der Waals surface area contributed by atoms with Gasteiger partial charge in [-0.15, -0.1) is 11.3 Å². The molecule has 9 heteroatoms. The fraction of sp³-hybridized carbons (Fsp3) is 0.158. The van der Waals surface area contributed by atoms with Gasteiger partial charge in [-0.05, 0) is 5.56 Å². The molecule has 0 aliphatic heterocycles. The molecule has 0 radical (unpaired) electrons. The molecule has 0 bridgehead atoms. The number of amides is 1. The Morgan fingerprint density at radius 3 is 2.50 bits per heavy atom. The molecule has 8 nitrogen and oxygen atoms in total. The van der Waals surface area contributed by atoms with E-state index >= 15 is 0 Å². The average molecular weight is 399 g/mol. The maximum atomic E-state index is 12.6. The Morgan fingerprint density at radius 1 is 1.18 bits per heavy atom. The van der Waals surface area contributed by atoms with Gasteiger partial charge in [0.25, 0.3) is 11.6 Å². The van der Waals surface area contributed by atoms with Crippen LogP contribution in [0.5, 0.6) is 11.5 Å². The van der Waals surface area contributed by atoms with Crippen LogP contribution in [0, 0.1) is 10.1 Å². The van der Waals surface area contributed by atoms with Crippen LogP contribution in [0.3, 0.4) is 0 Å². The van der Waals surface area contributed by atoms with E-state index in [1.807, 2.05) is 30.3 Å². The van der Waals surface area contributed by atoms with E-state index in [1.165, 1.54) is 31.6 Å². The third-order valence-corrected chi connectivity index (χ3v) is 4.85. The van der Waals surface area contributed by atoms with E-state index in [-0.39, 0.29) is 22.7 Å². The van der Waals surface area contributed by atoms with Crippen molar-refractivity contribution in [3.63, 3.8) is 0 Å². The molecule has 28 heavy (non-hydrogen) atoms. The lowest BCUT2D eigenvalue weighted by atomic mass is 10.1. The Labute approximate surface area is 164 Å². The van der Waals surface area contributed by atoms with Crippen molar-refractivity contribution in [3.05, 3.63) is 74.8 Å². The lowest BCUT2D eigenvalue weighted by Gasteiger charge is -2.10. The Kier molecular flexibility index (Phi) is 5.85. The molecule has 1 aromatic heterocycles. The van der Waals surface area contributed by atoms with Crippen LogP contribution < -0.4 is 14.8 Å². The molecule has 0 aliphatic carbocycles. The van der Waals surface area contributed by atoms with E-state index in [4.69, 9.17) is 9.47 Å². The summed E-state index contributed by atoms with van der Waals surface area (Å²) < 4.78 is 10.2. The highest BCUT2D eigenvalue weighted by Crippen LogP contribution is 2.35. The van der Waals surface area contributed by atoms with Gasteiger partial charge in [-0.25, -0.2) is 4.98 Å². The van der Waals surface area contributed by atoms with E-state index in [0.717, 1.165) is 16.5 Å². The van der Waals surface area contributed by atoms with Crippen LogP contribution >= 0.6 is 11.3 Å². The largest absolute Gasteiger partial charge is 0.493 e. The van der Waals surface area contributed by atoms with Crippen LogP contribution in [0.15, 0.2) is 48.7 Å². The smallest absolute Gasteiger partial charge is 0.286 e. The summed E-state index contributed by atoms with van der Waals surface area (Å²) >= 11 is 1.31. The number of aromatic nitrogens is 1. The predicted molar refractivity (Wildman–Crippen MR) is 106 cm³/mol. The van der Waals surface area contributed by atoms with Crippen LogP contribution in [-0.4, -0.2) is 30.0 Å². The van der Waals surface area contributed by atoms with E-state index in [1.54, 1.807) is 6.20 Å². The lowest BCUT2D eigenvalue weighted by Crippen LogP contribution is -2.14. The molecule has 2 aromatic carbocycles. The minimum Gasteiger partial charge on any atom is -0.493 e. The van der Waals surface area contributed by atoms with Gasteiger partial charge in [0.15, 0.2) is 16.6 Å². The molecular formula is C19H17N3O5S. The van der Waals surface area contributed by atoms with Gasteiger partial charge in [0, 0.05) is 23.6 Å². The summed E-state index contributed by atoms with van der Waals surface area (Å²) in [4.78, 5) is 28.5. The maximum Gasteiger partial charge on any atom is 0.286 e. The number of anilines is 1. The quantitative estimate of drug-likeness (QED) is 0.477. The second-order valence-corrected chi connectivity index (χ2v) is 6.84. The van der Waals surface area contributed by atoms with Crippen molar-refractivity contribution in [2.75, 3.05) is 19.5 Å². The van der Waals surface area contributed by atoms with Crippen molar-refractivity contribution in [1.82, 2.24) is 4.98 Å². The number of methoxy groups -OCH3 is 2. The number of nitrogens with zero attached hydrogens (tertiary/aromatic N) is 2. The van der Waals surface area contributed by atoms with E-state index in [0.29, 0.717) is 11.6 Å². The van der Waals surface area contributed by atoms with Crippen LogP contribution in [-0.2, 0) is 6.42 Å². The first-order valence-corrected chi connectivity index (χ1v) is 9.04. The predicted octanol–water partition coefficient (Wildman–Crippen LogP) is 3.91. The number of thiazole rings is 1. The topological polar surface area (TPSA) is 104 Å². The number of carbonyl (C=O) groups excluding carboxylic acids is 1. The molecule has 0 atom stereocenters. The van der Waals surface area contributed by atoms with Crippen molar-refractivity contribution < 1.29 is 19.2 Å². The Hall–Kier alpha value is -3.46. The van der Waals surface area contributed by atoms with Crippen LogP contribution in [0.1, 0.15) is 20.8 Å². The van der Waals surface area contributed by atoms with Gasteiger partial charge in [-0.1, -0.05) is 30.3 Å². The van der Waals surface area contributed by atoms with Crippen molar-refractivity contribution in [3.8, 4) is 11.5 Å². The van der Waals surface area contributed by atoms with Gasteiger partial charge in [0.2, 0.25) is 0 Å². The first-order valence-electron chi connectivity index (χ1n) is 8.22. The van der Waals surface area contributed by atoms with Crippen LogP contribution in [0.4, 0.5) is 10.8 Å². The summed E-state index contributed by atoms with van der Waals surface area (Å²) in [7, 11) is 2.76.